The van der Waals surface area contributed by atoms with Crippen LogP contribution in [0.1, 0.15) is 10.4 Å². The lowest BCUT2D eigenvalue weighted by Crippen LogP contribution is -2.19. The maximum atomic E-state index is 12.1. The van der Waals surface area contributed by atoms with Crippen LogP contribution in [-0.2, 0) is 4.79 Å². The van der Waals surface area contributed by atoms with Gasteiger partial charge in [0, 0.05) is 12.7 Å². The van der Waals surface area contributed by atoms with Gasteiger partial charge in [-0.1, -0.05) is 30.3 Å². The Labute approximate surface area is 189 Å². The van der Waals surface area contributed by atoms with Crippen LogP contribution in [0.15, 0.2) is 61.3 Å². The fraction of sp³-hybridized carbons (Fsp3) is 0.0909. The Morgan fingerprint density at radius 3 is 2.62 bits per heavy atom. The first-order valence-electron chi connectivity index (χ1n) is 9.44. The molecule has 2 aromatic carbocycles. The average molecular weight is 453 g/mol. The SMILES string of the molecule is C=CC(=O)Nc1ccc(OC)c(Nc2ncc(Cl)c(Nc3ccccc3C(=O)NC)n2)c1. The van der Waals surface area contributed by atoms with E-state index in [1.165, 1.54) is 19.4 Å². The van der Waals surface area contributed by atoms with E-state index in [4.69, 9.17) is 16.3 Å². The minimum Gasteiger partial charge on any atom is -0.495 e. The molecule has 1 heterocycles. The number of ether oxygens (including phenoxy) is 1. The molecule has 0 bridgehead atoms. The van der Waals surface area contributed by atoms with Crippen molar-refractivity contribution in [3.8, 4) is 5.75 Å². The molecule has 0 atom stereocenters. The molecule has 9 nitrogen and oxygen atoms in total. The minimum absolute atomic E-state index is 0.222. The highest BCUT2D eigenvalue weighted by Gasteiger charge is 2.14. The molecule has 0 spiro atoms. The van der Waals surface area contributed by atoms with Gasteiger partial charge in [-0.2, -0.15) is 4.98 Å². The summed E-state index contributed by atoms with van der Waals surface area (Å²) in [5, 5.41) is 11.7. The molecule has 10 heteroatoms. The summed E-state index contributed by atoms with van der Waals surface area (Å²) < 4.78 is 5.37. The first kappa shape index (κ1) is 22.6. The summed E-state index contributed by atoms with van der Waals surface area (Å²) in [5.74, 6) is 0.444. The summed E-state index contributed by atoms with van der Waals surface area (Å²) >= 11 is 6.27. The number of methoxy groups -OCH3 is 1. The lowest BCUT2D eigenvalue weighted by molar-refractivity contribution is -0.111. The second-order valence-electron chi connectivity index (χ2n) is 6.37. The molecular formula is C22H21ClN6O3. The number of carbonyl (C=O) groups is 2. The van der Waals surface area contributed by atoms with Gasteiger partial charge in [-0.15, -0.1) is 0 Å². The normalized spacial score (nSPS) is 10.1. The quantitative estimate of drug-likeness (QED) is 0.380. The van der Waals surface area contributed by atoms with Gasteiger partial charge in [0.25, 0.3) is 5.91 Å². The maximum Gasteiger partial charge on any atom is 0.253 e. The third-order valence-corrected chi connectivity index (χ3v) is 4.57. The van der Waals surface area contributed by atoms with E-state index in [1.807, 2.05) is 0 Å². The Morgan fingerprint density at radius 2 is 1.91 bits per heavy atom. The molecule has 32 heavy (non-hydrogen) atoms. The number of nitrogens with one attached hydrogen (secondary N) is 4. The number of anilines is 5. The monoisotopic (exact) mass is 452 g/mol. The van der Waals surface area contributed by atoms with Gasteiger partial charge in [-0.3, -0.25) is 9.59 Å². The van der Waals surface area contributed by atoms with Crippen molar-refractivity contribution in [3.05, 3.63) is 71.9 Å². The predicted octanol–water partition coefficient (Wildman–Crippen LogP) is 4.11. The molecular weight excluding hydrogens is 432 g/mol. The topological polar surface area (TPSA) is 117 Å². The molecule has 1 aromatic heterocycles. The van der Waals surface area contributed by atoms with Crippen LogP contribution in [0, 0.1) is 0 Å². The molecule has 0 aliphatic carbocycles. The summed E-state index contributed by atoms with van der Waals surface area (Å²) in [6.07, 6.45) is 2.60. The first-order valence-corrected chi connectivity index (χ1v) is 9.82. The van der Waals surface area contributed by atoms with Crippen LogP contribution in [0.2, 0.25) is 5.02 Å². The van der Waals surface area contributed by atoms with Crippen LogP contribution in [0.4, 0.5) is 28.8 Å². The van der Waals surface area contributed by atoms with E-state index < -0.39 is 0 Å². The zero-order valence-corrected chi connectivity index (χ0v) is 18.2. The second-order valence-corrected chi connectivity index (χ2v) is 6.78. The summed E-state index contributed by atoms with van der Waals surface area (Å²) in [5.41, 5.74) is 2.02. The summed E-state index contributed by atoms with van der Waals surface area (Å²) in [4.78, 5) is 32.4. The molecule has 0 unspecified atom stereocenters. The largest absolute Gasteiger partial charge is 0.495 e. The van der Waals surface area contributed by atoms with Crippen LogP contribution < -0.4 is 26.0 Å². The van der Waals surface area contributed by atoms with Crippen molar-refractivity contribution in [3.63, 3.8) is 0 Å². The molecule has 0 saturated heterocycles. The number of nitrogens with zero attached hydrogens (tertiary/aromatic N) is 2. The number of hydrogen-bond donors (Lipinski definition) is 4. The van der Waals surface area contributed by atoms with Crippen LogP contribution in [0.5, 0.6) is 5.75 Å². The third-order valence-electron chi connectivity index (χ3n) is 4.29. The predicted molar refractivity (Wildman–Crippen MR) is 125 cm³/mol. The van der Waals surface area contributed by atoms with Gasteiger partial charge in [-0.05, 0) is 36.4 Å². The van der Waals surface area contributed by atoms with E-state index in [0.717, 1.165) is 0 Å². The van der Waals surface area contributed by atoms with Crippen LogP contribution in [0.3, 0.4) is 0 Å². The van der Waals surface area contributed by atoms with Gasteiger partial charge >= 0.3 is 0 Å². The Kier molecular flexibility index (Phi) is 7.25. The molecule has 3 rings (SSSR count). The summed E-state index contributed by atoms with van der Waals surface area (Å²) in [6.45, 7) is 3.44. The van der Waals surface area contributed by atoms with Crippen LogP contribution in [0.25, 0.3) is 0 Å². The highest BCUT2D eigenvalue weighted by atomic mass is 35.5. The number of carbonyl (C=O) groups excluding carboxylic acids is 2. The maximum absolute atomic E-state index is 12.1. The zero-order valence-electron chi connectivity index (χ0n) is 17.4. The minimum atomic E-state index is -0.342. The fourth-order valence-electron chi connectivity index (χ4n) is 2.76. The highest BCUT2D eigenvalue weighted by Crippen LogP contribution is 2.31. The number of rotatable bonds is 8. The molecule has 2 amide bonds. The van der Waals surface area contributed by atoms with Crippen LogP contribution >= 0.6 is 11.6 Å². The Bertz CT molecular complexity index is 1170. The molecule has 0 radical (unpaired) electrons. The molecule has 4 N–H and O–H groups in total. The standard InChI is InChI=1S/C22H21ClN6O3/c1-4-19(30)26-13-9-10-18(32-3)17(11-13)28-22-25-12-15(23)20(29-22)27-16-8-6-5-7-14(16)21(31)24-2/h4-12H,1H2,2-3H3,(H,24,31)(H,26,30)(H2,25,27,28,29). The fourth-order valence-corrected chi connectivity index (χ4v) is 2.90. The van der Waals surface area contributed by atoms with Gasteiger partial charge in [0.1, 0.15) is 10.8 Å². The average Bonchev–Trinajstić information content (AvgIpc) is 2.81. The van der Waals surface area contributed by atoms with Crippen molar-refractivity contribution in [2.45, 2.75) is 0 Å². The van der Waals surface area contributed by atoms with E-state index in [0.29, 0.717) is 34.2 Å². The molecule has 0 fully saturated rings. The smallest absolute Gasteiger partial charge is 0.253 e. The van der Waals surface area contributed by atoms with E-state index in [1.54, 1.807) is 49.5 Å². The van der Waals surface area contributed by atoms with Crippen molar-refractivity contribution >= 4 is 52.2 Å². The number of halogens is 1. The van der Waals surface area contributed by atoms with Crippen molar-refractivity contribution in [2.75, 3.05) is 30.1 Å². The first-order chi connectivity index (χ1) is 15.4. The van der Waals surface area contributed by atoms with Crippen molar-refractivity contribution in [1.82, 2.24) is 15.3 Å². The lowest BCUT2D eigenvalue weighted by Gasteiger charge is -2.14. The molecule has 0 aliphatic rings. The molecule has 3 aromatic rings. The van der Waals surface area contributed by atoms with Crippen molar-refractivity contribution in [1.29, 1.82) is 0 Å². The van der Waals surface area contributed by atoms with Crippen molar-refractivity contribution < 1.29 is 14.3 Å². The van der Waals surface area contributed by atoms with E-state index in [-0.39, 0.29) is 22.8 Å². The lowest BCUT2D eigenvalue weighted by atomic mass is 10.1. The Hall–Kier alpha value is -4.11. The van der Waals surface area contributed by atoms with Gasteiger partial charge < -0.3 is 26.0 Å². The van der Waals surface area contributed by atoms with Crippen molar-refractivity contribution in [2.24, 2.45) is 0 Å². The molecule has 0 aliphatic heterocycles. The number of benzene rings is 2. The second kappa shape index (κ2) is 10.3. The number of para-hydroxylation sites is 1. The van der Waals surface area contributed by atoms with E-state index >= 15 is 0 Å². The third kappa shape index (κ3) is 5.32. The summed E-state index contributed by atoms with van der Waals surface area (Å²) in [7, 11) is 3.08. The van der Waals surface area contributed by atoms with Gasteiger partial charge in [0.2, 0.25) is 11.9 Å². The molecule has 164 valence electrons. The molecule has 0 saturated carbocycles. The van der Waals surface area contributed by atoms with E-state index in [9.17, 15) is 9.59 Å². The highest BCUT2D eigenvalue weighted by molar-refractivity contribution is 6.33. The number of aromatic nitrogens is 2. The number of amides is 2. The zero-order chi connectivity index (χ0) is 23.1. The Morgan fingerprint density at radius 1 is 1.12 bits per heavy atom. The van der Waals surface area contributed by atoms with E-state index in [2.05, 4.69) is 37.8 Å². The van der Waals surface area contributed by atoms with Gasteiger partial charge in [-0.25, -0.2) is 4.98 Å². The number of hydrogen-bond acceptors (Lipinski definition) is 7. The van der Waals surface area contributed by atoms with Crippen LogP contribution in [-0.4, -0.2) is 35.9 Å². The van der Waals surface area contributed by atoms with Gasteiger partial charge in [0.05, 0.1) is 30.2 Å². The van der Waals surface area contributed by atoms with Gasteiger partial charge in [0.15, 0.2) is 5.82 Å². The Balaban J connectivity index is 1.90. The summed E-state index contributed by atoms with van der Waals surface area (Å²) in [6, 6.07) is 12.0.